The number of ether oxygens (including phenoxy) is 1. The highest BCUT2D eigenvalue weighted by Crippen LogP contribution is 2.01. The second-order valence-corrected chi connectivity index (χ2v) is 5.29. The van der Waals surface area contributed by atoms with Gasteiger partial charge < -0.3 is 15.4 Å². The molecule has 5 heteroatoms. The number of benzene rings is 1. The molecule has 0 aliphatic rings. The van der Waals surface area contributed by atoms with Gasteiger partial charge >= 0.3 is 0 Å². The highest BCUT2D eigenvalue weighted by molar-refractivity contribution is 14.0. The molecule has 0 radical (unpaired) electrons. The first-order chi connectivity index (χ1) is 10.2. The largest absolute Gasteiger partial charge is 0.379 e. The lowest BCUT2D eigenvalue weighted by Crippen LogP contribution is -2.38. The van der Waals surface area contributed by atoms with Crippen molar-refractivity contribution in [3.8, 4) is 0 Å². The van der Waals surface area contributed by atoms with E-state index in [1.165, 1.54) is 5.56 Å². The van der Waals surface area contributed by atoms with Gasteiger partial charge in [-0.25, -0.2) is 0 Å². The van der Waals surface area contributed by atoms with E-state index in [1.807, 2.05) is 0 Å². The molecule has 4 nitrogen and oxygen atoms in total. The van der Waals surface area contributed by atoms with E-state index >= 15 is 0 Å². The predicted molar refractivity (Wildman–Crippen MR) is 105 cm³/mol. The molecule has 22 heavy (non-hydrogen) atoms. The maximum Gasteiger partial charge on any atom is 0.190 e. The molecule has 0 aliphatic carbocycles. The molecular weight excluding hydrogens is 389 g/mol. The van der Waals surface area contributed by atoms with E-state index < -0.39 is 0 Å². The zero-order chi connectivity index (χ0) is 15.3. The Hall–Kier alpha value is -0.820. The average molecular weight is 419 g/mol. The SMILES string of the molecule is CN=C(NCCCOC(C)C)NCCCc1ccccc1.I. The Bertz CT molecular complexity index is 396. The molecule has 0 unspecified atom stereocenters. The summed E-state index contributed by atoms with van der Waals surface area (Å²) in [6.07, 6.45) is 3.48. The Labute approximate surface area is 152 Å². The number of rotatable bonds is 9. The summed E-state index contributed by atoms with van der Waals surface area (Å²) in [5.41, 5.74) is 1.38. The van der Waals surface area contributed by atoms with Gasteiger partial charge in [-0.15, -0.1) is 24.0 Å². The summed E-state index contributed by atoms with van der Waals surface area (Å²) in [4.78, 5) is 4.22. The van der Waals surface area contributed by atoms with Gasteiger partial charge in [-0.1, -0.05) is 30.3 Å². The zero-order valence-electron chi connectivity index (χ0n) is 14.0. The van der Waals surface area contributed by atoms with E-state index in [0.717, 1.165) is 44.9 Å². The molecule has 0 atom stereocenters. The average Bonchev–Trinajstić information content (AvgIpc) is 2.49. The Morgan fingerprint density at radius 2 is 1.73 bits per heavy atom. The van der Waals surface area contributed by atoms with E-state index in [4.69, 9.17) is 4.74 Å². The molecule has 0 saturated heterocycles. The number of halogens is 1. The molecule has 0 fully saturated rings. The predicted octanol–water partition coefficient (Wildman–Crippen LogP) is 3.22. The number of guanidine groups is 1. The van der Waals surface area contributed by atoms with Crippen molar-refractivity contribution in [1.82, 2.24) is 10.6 Å². The van der Waals surface area contributed by atoms with Gasteiger partial charge in [0, 0.05) is 26.7 Å². The fourth-order valence-electron chi connectivity index (χ4n) is 1.96. The van der Waals surface area contributed by atoms with Gasteiger partial charge in [-0.05, 0) is 38.7 Å². The number of hydrogen-bond donors (Lipinski definition) is 2. The van der Waals surface area contributed by atoms with Gasteiger partial charge in [0.05, 0.1) is 6.10 Å². The third-order valence-electron chi connectivity index (χ3n) is 3.07. The first kappa shape index (κ1) is 21.2. The molecule has 1 aromatic rings. The monoisotopic (exact) mass is 419 g/mol. The molecule has 126 valence electrons. The van der Waals surface area contributed by atoms with Gasteiger partial charge in [-0.2, -0.15) is 0 Å². The van der Waals surface area contributed by atoms with Crippen LogP contribution in [0.1, 0.15) is 32.3 Å². The maximum absolute atomic E-state index is 5.50. The van der Waals surface area contributed by atoms with Crippen LogP contribution in [0.15, 0.2) is 35.3 Å². The second kappa shape index (κ2) is 13.8. The van der Waals surface area contributed by atoms with Crippen LogP contribution in [0.4, 0.5) is 0 Å². The second-order valence-electron chi connectivity index (χ2n) is 5.29. The summed E-state index contributed by atoms with van der Waals surface area (Å²) in [7, 11) is 1.80. The lowest BCUT2D eigenvalue weighted by atomic mass is 10.1. The summed E-state index contributed by atoms with van der Waals surface area (Å²) in [6, 6.07) is 10.6. The number of hydrogen-bond acceptors (Lipinski definition) is 2. The van der Waals surface area contributed by atoms with Crippen LogP contribution in [0.25, 0.3) is 0 Å². The molecule has 0 bridgehead atoms. The Morgan fingerprint density at radius 3 is 2.32 bits per heavy atom. The number of nitrogens with one attached hydrogen (secondary N) is 2. The molecular formula is C17H30IN3O. The summed E-state index contributed by atoms with van der Waals surface area (Å²) < 4.78 is 5.50. The standard InChI is InChI=1S/C17H29N3O.HI/c1-15(2)21-14-8-13-20-17(18-3)19-12-7-11-16-9-5-4-6-10-16;/h4-6,9-10,15H,7-8,11-14H2,1-3H3,(H2,18,19,20);1H. The number of nitrogens with zero attached hydrogens (tertiary/aromatic N) is 1. The van der Waals surface area contributed by atoms with Crippen LogP contribution in [0.3, 0.4) is 0 Å². The van der Waals surface area contributed by atoms with Crippen molar-refractivity contribution in [3.05, 3.63) is 35.9 Å². The summed E-state index contributed by atoms with van der Waals surface area (Å²) >= 11 is 0. The lowest BCUT2D eigenvalue weighted by Gasteiger charge is -2.12. The lowest BCUT2D eigenvalue weighted by molar-refractivity contribution is 0.0776. The van der Waals surface area contributed by atoms with Gasteiger partial charge in [0.15, 0.2) is 5.96 Å². The van der Waals surface area contributed by atoms with E-state index in [9.17, 15) is 0 Å². The van der Waals surface area contributed by atoms with Crippen LogP contribution in [0, 0.1) is 0 Å². The number of aliphatic imine (C=N–C) groups is 1. The van der Waals surface area contributed by atoms with Crippen molar-refractivity contribution in [3.63, 3.8) is 0 Å². The third kappa shape index (κ3) is 10.8. The fraction of sp³-hybridized carbons (Fsp3) is 0.588. The van der Waals surface area contributed by atoms with Crippen LogP contribution < -0.4 is 10.6 Å². The molecule has 0 aromatic heterocycles. The molecule has 1 rings (SSSR count). The first-order valence-corrected chi connectivity index (χ1v) is 7.82. The topological polar surface area (TPSA) is 45.7 Å². The van der Waals surface area contributed by atoms with E-state index in [1.54, 1.807) is 7.05 Å². The summed E-state index contributed by atoms with van der Waals surface area (Å²) in [6.45, 7) is 6.71. The van der Waals surface area contributed by atoms with Crippen LogP contribution in [0.5, 0.6) is 0 Å². The van der Waals surface area contributed by atoms with E-state index in [2.05, 4.69) is 59.8 Å². The minimum absolute atomic E-state index is 0. The molecule has 0 spiro atoms. The van der Waals surface area contributed by atoms with Crippen LogP contribution in [-0.2, 0) is 11.2 Å². The summed E-state index contributed by atoms with van der Waals surface area (Å²) in [5, 5.41) is 6.64. The quantitative estimate of drug-likeness (QED) is 0.280. The number of aryl methyl sites for hydroxylation is 1. The third-order valence-corrected chi connectivity index (χ3v) is 3.07. The minimum atomic E-state index is 0. The van der Waals surface area contributed by atoms with Gasteiger partial charge in [-0.3, -0.25) is 4.99 Å². The first-order valence-electron chi connectivity index (χ1n) is 7.82. The smallest absolute Gasteiger partial charge is 0.190 e. The Balaban J connectivity index is 0.00000441. The molecule has 1 aromatic carbocycles. The zero-order valence-corrected chi connectivity index (χ0v) is 16.3. The molecule has 2 N–H and O–H groups in total. The van der Waals surface area contributed by atoms with Crippen molar-refractivity contribution >= 4 is 29.9 Å². The van der Waals surface area contributed by atoms with Crippen LogP contribution in [0.2, 0.25) is 0 Å². The molecule has 0 aliphatic heterocycles. The van der Waals surface area contributed by atoms with Crippen molar-refractivity contribution in [1.29, 1.82) is 0 Å². The van der Waals surface area contributed by atoms with E-state index in [-0.39, 0.29) is 24.0 Å². The molecule has 0 amide bonds. The fourth-order valence-corrected chi connectivity index (χ4v) is 1.96. The van der Waals surface area contributed by atoms with E-state index in [0.29, 0.717) is 6.10 Å². The van der Waals surface area contributed by atoms with Crippen LogP contribution in [-0.4, -0.2) is 38.8 Å². The normalized spacial score (nSPS) is 11.2. The van der Waals surface area contributed by atoms with Crippen molar-refractivity contribution in [2.24, 2.45) is 4.99 Å². The van der Waals surface area contributed by atoms with Crippen LogP contribution >= 0.6 is 24.0 Å². The van der Waals surface area contributed by atoms with Gasteiger partial charge in [0.1, 0.15) is 0 Å². The van der Waals surface area contributed by atoms with Crippen molar-refractivity contribution in [2.75, 3.05) is 26.7 Å². The van der Waals surface area contributed by atoms with Crippen molar-refractivity contribution in [2.45, 2.75) is 39.2 Å². The highest BCUT2D eigenvalue weighted by atomic mass is 127. The van der Waals surface area contributed by atoms with Crippen molar-refractivity contribution < 1.29 is 4.74 Å². The van der Waals surface area contributed by atoms with Gasteiger partial charge in [0.2, 0.25) is 0 Å². The summed E-state index contributed by atoms with van der Waals surface area (Å²) in [5.74, 6) is 0.868. The Morgan fingerprint density at radius 1 is 1.09 bits per heavy atom. The minimum Gasteiger partial charge on any atom is -0.379 e. The maximum atomic E-state index is 5.50. The molecule has 0 heterocycles. The molecule has 0 saturated carbocycles. The Kier molecular flexibility index (Phi) is 13.3. The van der Waals surface area contributed by atoms with Gasteiger partial charge in [0.25, 0.3) is 0 Å². The highest BCUT2D eigenvalue weighted by Gasteiger charge is 1.98.